The van der Waals surface area contributed by atoms with Crippen molar-refractivity contribution in [1.82, 2.24) is 9.97 Å². The van der Waals surface area contributed by atoms with Crippen LogP contribution in [0.5, 0.6) is 0 Å². The summed E-state index contributed by atoms with van der Waals surface area (Å²) in [5, 5.41) is 5.82. The van der Waals surface area contributed by atoms with Crippen LogP contribution in [0.15, 0.2) is 96.1 Å². The van der Waals surface area contributed by atoms with E-state index in [4.69, 9.17) is 0 Å². The summed E-state index contributed by atoms with van der Waals surface area (Å²) in [5.41, 5.74) is 3.20. The standard InChI is InChI=1S/C25H19F3N4/c1-32(29-17-18-12-14-21(15-13-18)25(26,27)28)24-30-22(19-8-4-2-5-9-19)16-23(31-24)20-10-6-3-7-11-20/h2-17H,1H3/b29-17-. The number of hydrogen-bond acceptors (Lipinski definition) is 4. The Morgan fingerprint density at radius 1 is 0.750 bits per heavy atom. The number of nitrogens with zero attached hydrogens (tertiary/aromatic N) is 4. The second-order valence-corrected chi connectivity index (χ2v) is 7.06. The molecule has 4 rings (SSSR count). The summed E-state index contributed by atoms with van der Waals surface area (Å²) in [5.74, 6) is 0.369. The van der Waals surface area contributed by atoms with Crippen LogP contribution in [-0.4, -0.2) is 23.2 Å². The molecule has 0 saturated carbocycles. The molecule has 0 saturated heterocycles. The van der Waals surface area contributed by atoms with Crippen molar-refractivity contribution in [2.24, 2.45) is 5.10 Å². The largest absolute Gasteiger partial charge is 0.416 e. The molecule has 0 spiro atoms. The molecule has 0 N–H and O–H groups in total. The zero-order chi connectivity index (χ0) is 22.6. The summed E-state index contributed by atoms with van der Waals surface area (Å²) in [6, 6.07) is 26.2. The van der Waals surface area contributed by atoms with Crippen LogP contribution in [0.4, 0.5) is 19.1 Å². The van der Waals surface area contributed by atoms with Gasteiger partial charge in [-0.3, -0.25) is 0 Å². The Morgan fingerprint density at radius 3 is 1.72 bits per heavy atom. The molecule has 1 aromatic heterocycles. The molecular weight excluding hydrogens is 413 g/mol. The molecule has 0 aliphatic carbocycles. The number of rotatable bonds is 5. The minimum absolute atomic E-state index is 0.369. The number of hydrazone groups is 1. The van der Waals surface area contributed by atoms with E-state index in [-0.39, 0.29) is 0 Å². The van der Waals surface area contributed by atoms with Gasteiger partial charge in [0.2, 0.25) is 5.95 Å². The second kappa shape index (κ2) is 9.01. The van der Waals surface area contributed by atoms with Gasteiger partial charge in [0.15, 0.2) is 0 Å². The van der Waals surface area contributed by atoms with E-state index in [2.05, 4.69) is 15.1 Å². The van der Waals surface area contributed by atoms with Gasteiger partial charge in [-0.1, -0.05) is 72.8 Å². The smallest absolute Gasteiger partial charge is 0.235 e. The highest BCUT2D eigenvalue weighted by atomic mass is 19.4. The summed E-state index contributed by atoms with van der Waals surface area (Å²) in [4.78, 5) is 9.28. The van der Waals surface area contributed by atoms with Crippen molar-refractivity contribution in [3.05, 3.63) is 102 Å². The third kappa shape index (κ3) is 5.00. The number of benzene rings is 3. The number of halogens is 3. The Hall–Kier alpha value is -4.00. The molecule has 160 valence electrons. The van der Waals surface area contributed by atoms with E-state index in [1.165, 1.54) is 23.4 Å². The van der Waals surface area contributed by atoms with Crippen LogP contribution >= 0.6 is 0 Å². The molecule has 7 heteroatoms. The highest BCUT2D eigenvalue weighted by Gasteiger charge is 2.29. The second-order valence-electron chi connectivity index (χ2n) is 7.06. The number of aromatic nitrogens is 2. The first-order valence-corrected chi connectivity index (χ1v) is 9.85. The summed E-state index contributed by atoms with van der Waals surface area (Å²) >= 11 is 0. The normalized spacial score (nSPS) is 11.6. The molecule has 4 aromatic rings. The summed E-state index contributed by atoms with van der Waals surface area (Å²) < 4.78 is 38.3. The molecule has 1 heterocycles. The minimum Gasteiger partial charge on any atom is -0.235 e. The van der Waals surface area contributed by atoms with Crippen LogP contribution in [-0.2, 0) is 6.18 Å². The van der Waals surface area contributed by atoms with Gasteiger partial charge < -0.3 is 0 Å². The molecule has 0 aliphatic rings. The van der Waals surface area contributed by atoms with Gasteiger partial charge in [-0.15, -0.1) is 0 Å². The summed E-state index contributed by atoms with van der Waals surface area (Å²) in [7, 11) is 1.69. The molecule has 0 amide bonds. The zero-order valence-electron chi connectivity index (χ0n) is 17.2. The lowest BCUT2D eigenvalue weighted by Gasteiger charge is -2.14. The van der Waals surface area contributed by atoms with Crippen molar-refractivity contribution >= 4 is 12.2 Å². The number of anilines is 1. The fraction of sp³-hybridized carbons (Fsp3) is 0.0800. The van der Waals surface area contributed by atoms with Crippen molar-refractivity contribution in [2.75, 3.05) is 12.1 Å². The van der Waals surface area contributed by atoms with Gasteiger partial charge in [0.1, 0.15) is 0 Å². The van der Waals surface area contributed by atoms with Gasteiger partial charge in [0.05, 0.1) is 23.2 Å². The SMILES string of the molecule is CN(/N=C\c1ccc(C(F)(F)F)cc1)c1nc(-c2ccccc2)cc(-c2ccccc2)n1. The average molecular weight is 432 g/mol. The van der Waals surface area contributed by atoms with Gasteiger partial charge in [0.25, 0.3) is 0 Å². The molecule has 0 fully saturated rings. The lowest BCUT2D eigenvalue weighted by molar-refractivity contribution is -0.137. The van der Waals surface area contributed by atoms with Crippen molar-refractivity contribution in [2.45, 2.75) is 6.18 Å². The van der Waals surface area contributed by atoms with Crippen LogP contribution < -0.4 is 5.01 Å². The Labute approximate surface area is 183 Å². The predicted octanol–water partition coefficient (Wildman–Crippen LogP) is 6.30. The van der Waals surface area contributed by atoms with Crippen molar-refractivity contribution in [3.63, 3.8) is 0 Å². The van der Waals surface area contributed by atoms with E-state index in [0.717, 1.165) is 34.6 Å². The van der Waals surface area contributed by atoms with Gasteiger partial charge in [-0.25, -0.2) is 15.0 Å². The lowest BCUT2D eigenvalue weighted by Crippen LogP contribution is -2.13. The molecule has 0 atom stereocenters. The Kier molecular flexibility index (Phi) is 5.98. The first kappa shape index (κ1) is 21.2. The maximum Gasteiger partial charge on any atom is 0.416 e. The van der Waals surface area contributed by atoms with Gasteiger partial charge >= 0.3 is 6.18 Å². The minimum atomic E-state index is -4.37. The van der Waals surface area contributed by atoms with E-state index < -0.39 is 11.7 Å². The lowest BCUT2D eigenvalue weighted by atomic mass is 10.1. The highest BCUT2D eigenvalue weighted by molar-refractivity contribution is 5.80. The monoisotopic (exact) mass is 432 g/mol. The third-order valence-electron chi connectivity index (χ3n) is 4.76. The van der Waals surface area contributed by atoms with Crippen LogP contribution in [0.3, 0.4) is 0 Å². The van der Waals surface area contributed by atoms with Crippen molar-refractivity contribution in [1.29, 1.82) is 0 Å². The van der Waals surface area contributed by atoms with E-state index >= 15 is 0 Å². The van der Waals surface area contributed by atoms with Crippen LogP contribution in [0, 0.1) is 0 Å². The predicted molar refractivity (Wildman–Crippen MR) is 120 cm³/mol. The van der Waals surface area contributed by atoms with Gasteiger partial charge in [-0.2, -0.15) is 18.3 Å². The van der Waals surface area contributed by atoms with Crippen molar-refractivity contribution < 1.29 is 13.2 Å². The van der Waals surface area contributed by atoms with Crippen LogP contribution in [0.2, 0.25) is 0 Å². The summed E-state index contributed by atoms with van der Waals surface area (Å²) in [6.07, 6.45) is -2.90. The van der Waals surface area contributed by atoms with Gasteiger partial charge in [-0.05, 0) is 23.8 Å². The topological polar surface area (TPSA) is 41.4 Å². The van der Waals surface area contributed by atoms with Gasteiger partial charge in [0, 0.05) is 18.2 Å². The average Bonchev–Trinajstić information content (AvgIpc) is 2.83. The van der Waals surface area contributed by atoms with Crippen LogP contribution in [0.25, 0.3) is 22.5 Å². The molecule has 0 unspecified atom stereocenters. The number of hydrogen-bond donors (Lipinski definition) is 0. The zero-order valence-corrected chi connectivity index (χ0v) is 17.2. The van der Waals surface area contributed by atoms with Crippen molar-refractivity contribution in [3.8, 4) is 22.5 Å². The Balaban J connectivity index is 1.66. The van der Waals surface area contributed by atoms with E-state index in [1.807, 2.05) is 66.7 Å². The molecule has 0 aliphatic heterocycles. The van der Waals surface area contributed by atoms with E-state index in [9.17, 15) is 13.2 Å². The van der Waals surface area contributed by atoms with Crippen LogP contribution in [0.1, 0.15) is 11.1 Å². The quantitative estimate of drug-likeness (QED) is 0.275. The molecule has 32 heavy (non-hydrogen) atoms. The maximum absolute atomic E-state index is 12.8. The maximum atomic E-state index is 12.8. The molecule has 4 nitrogen and oxygen atoms in total. The molecule has 3 aromatic carbocycles. The number of alkyl halides is 3. The molecular formula is C25H19F3N4. The molecule has 0 radical (unpaired) electrons. The molecule has 0 bridgehead atoms. The van der Waals surface area contributed by atoms with E-state index in [1.54, 1.807) is 7.05 Å². The fourth-order valence-electron chi connectivity index (χ4n) is 3.06. The third-order valence-corrected chi connectivity index (χ3v) is 4.76. The van der Waals surface area contributed by atoms with E-state index in [0.29, 0.717) is 11.5 Å². The fourth-order valence-corrected chi connectivity index (χ4v) is 3.06. The first-order valence-electron chi connectivity index (χ1n) is 9.85. The Morgan fingerprint density at radius 2 is 1.25 bits per heavy atom. The highest BCUT2D eigenvalue weighted by Crippen LogP contribution is 2.29. The first-order chi connectivity index (χ1) is 15.4. The summed E-state index contributed by atoms with van der Waals surface area (Å²) in [6.45, 7) is 0. The Bertz CT molecular complexity index is 1150.